The second-order valence-electron chi connectivity index (χ2n) is 4.46. The molecule has 92 valence electrons. The lowest BCUT2D eigenvalue weighted by molar-refractivity contribution is -0.124. The molecule has 1 aromatic rings. The molecule has 1 saturated carbocycles. The fourth-order valence-corrected chi connectivity index (χ4v) is 1.93. The largest absolute Gasteiger partial charge is 0.370 e. The van der Waals surface area contributed by atoms with Gasteiger partial charge >= 0.3 is 0 Å². The molecule has 1 aliphatic rings. The average molecular weight is 233 g/mol. The van der Waals surface area contributed by atoms with Gasteiger partial charge in [0.25, 0.3) is 0 Å². The van der Waals surface area contributed by atoms with Crippen LogP contribution < -0.4 is 10.2 Å². The summed E-state index contributed by atoms with van der Waals surface area (Å²) in [6.07, 6.45) is 4.99. The number of carbonyl (C=O) groups is 1. The van der Waals surface area contributed by atoms with E-state index in [0.29, 0.717) is 0 Å². The molecule has 0 aliphatic heterocycles. The van der Waals surface area contributed by atoms with Crippen LogP contribution >= 0.6 is 0 Å². The fourth-order valence-electron chi connectivity index (χ4n) is 1.93. The van der Waals surface area contributed by atoms with Crippen LogP contribution in [0.25, 0.3) is 0 Å². The van der Waals surface area contributed by atoms with E-state index in [9.17, 15) is 4.79 Å². The highest BCUT2D eigenvalue weighted by molar-refractivity contribution is 5.94. The van der Waals surface area contributed by atoms with Crippen molar-refractivity contribution < 1.29 is 4.79 Å². The van der Waals surface area contributed by atoms with Crippen LogP contribution in [0.4, 0.5) is 11.5 Å². The summed E-state index contributed by atoms with van der Waals surface area (Å²) in [6, 6.07) is 3.84. The Labute approximate surface area is 102 Å². The van der Waals surface area contributed by atoms with Crippen molar-refractivity contribution in [2.75, 3.05) is 23.8 Å². The Bertz CT molecular complexity index is 384. The van der Waals surface area contributed by atoms with E-state index < -0.39 is 0 Å². The summed E-state index contributed by atoms with van der Waals surface area (Å²) >= 11 is 0. The van der Waals surface area contributed by atoms with Gasteiger partial charge in [0.15, 0.2) is 0 Å². The number of aromatic nitrogens is 1. The maximum atomic E-state index is 12.0. The minimum atomic E-state index is 0.217. The van der Waals surface area contributed by atoms with E-state index >= 15 is 0 Å². The first-order valence-corrected chi connectivity index (χ1v) is 6.20. The predicted octanol–water partition coefficient (Wildman–Crippen LogP) is 2.28. The highest BCUT2D eigenvalue weighted by Crippen LogP contribution is 2.29. The zero-order chi connectivity index (χ0) is 12.3. The third-order valence-corrected chi connectivity index (χ3v) is 3.28. The van der Waals surface area contributed by atoms with Gasteiger partial charge in [-0.2, -0.15) is 0 Å². The molecule has 0 radical (unpaired) electrons. The van der Waals surface area contributed by atoms with Crippen molar-refractivity contribution >= 4 is 17.4 Å². The van der Waals surface area contributed by atoms with Gasteiger partial charge in [-0.25, -0.2) is 4.98 Å². The standard InChI is InChI=1S/C13H19N3O/c1-3-14-12-8-7-11(9-15-12)16(2)13(17)10-5-4-6-10/h7-10H,3-6H2,1-2H3,(H,14,15). The summed E-state index contributed by atoms with van der Waals surface area (Å²) in [5, 5.41) is 3.13. The quantitative estimate of drug-likeness (QED) is 0.867. The monoisotopic (exact) mass is 233 g/mol. The maximum absolute atomic E-state index is 12.0. The third kappa shape index (κ3) is 2.57. The van der Waals surface area contributed by atoms with E-state index in [2.05, 4.69) is 10.3 Å². The number of amides is 1. The highest BCUT2D eigenvalue weighted by Gasteiger charge is 2.28. The molecular formula is C13H19N3O. The summed E-state index contributed by atoms with van der Waals surface area (Å²) in [7, 11) is 1.82. The molecule has 1 aromatic heterocycles. The van der Waals surface area contributed by atoms with Crippen LogP contribution in [0.15, 0.2) is 18.3 Å². The van der Waals surface area contributed by atoms with Crippen LogP contribution in [0.5, 0.6) is 0 Å². The molecule has 0 atom stereocenters. The van der Waals surface area contributed by atoms with Gasteiger partial charge in [0, 0.05) is 19.5 Å². The number of anilines is 2. The van der Waals surface area contributed by atoms with Gasteiger partial charge in [-0.3, -0.25) is 4.79 Å². The van der Waals surface area contributed by atoms with Crippen molar-refractivity contribution in [2.24, 2.45) is 5.92 Å². The van der Waals surface area contributed by atoms with Crippen molar-refractivity contribution in [1.29, 1.82) is 0 Å². The molecule has 0 spiro atoms. The lowest BCUT2D eigenvalue weighted by Gasteiger charge is -2.29. The lowest BCUT2D eigenvalue weighted by Crippen LogP contribution is -2.36. The predicted molar refractivity (Wildman–Crippen MR) is 69.2 cm³/mol. The highest BCUT2D eigenvalue weighted by atomic mass is 16.2. The van der Waals surface area contributed by atoms with Crippen LogP contribution in [0.2, 0.25) is 0 Å². The van der Waals surface area contributed by atoms with Crippen LogP contribution in [0.1, 0.15) is 26.2 Å². The molecule has 0 bridgehead atoms. The van der Waals surface area contributed by atoms with E-state index in [0.717, 1.165) is 30.9 Å². The first kappa shape index (κ1) is 11.9. The number of rotatable bonds is 4. The van der Waals surface area contributed by atoms with Crippen LogP contribution in [0, 0.1) is 5.92 Å². The minimum Gasteiger partial charge on any atom is -0.370 e. The summed E-state index contributed by atoms with van der Waals surface area (Å²) in [6.45, 7) is 2.88. The van der Waals surface area contributed by atoms with Gasteiger partial charge in [-0.1, -0.05) is 6.42 Å². The van der Waals surface area contributed by atoms with Crippen molar-refractivity contribution in [3.05, 3.63) is 18.3 Å². The van der Waals surface area contributed by atoms with Crippen molar-refractivity contribution in [3.8, 4) is 0 Å². The summed E-state index contributed by atoms with van der Waals surface area (Å²) < 4.78 is 0. The number of hydrogen-bond donors (Lipinski definition) is 1. The lowest BCUT2D eigenvalue weighted by atomic mass is 9.84. The molecule has 1 amide bonds. The Kier molecular flexibility index (Phi) is 3.61. The summed E-state index contributed by atoms with van der Waals surface area (Å²) in [4.78, 5) is 18.0. The maximum Gasteiger partial charge on any atom is 0.229 e. The van der Waals surface area contributed by atoms with Crippen molar-refractivity contribution in [3.63, 3.8) is 0 Å². The Morgan fingerprint density at radius 3 is 2.76 bits per heavy atom. The van der Waals surface area contributed by atoms with E-state index in [1.54, 1.807) is 11.1 Å². The topological polar surface area (TPSA) is 45.2 Å². The fraction of sp³-hybridized carbons (Fsp3) is 0.538. The normalized spacial score (nSPS) is 15.2. The minimum absolute atomic E-state index is 0.217. The molecule has 1 aliphatic carbocycles. The SMILES string of the molecule is CCNc1ccc(N(C)C(=O)C2CCC2)cn1. The first-order chi connectivity index (χ1) is 8.22. The molecule has 17 heavy (non-hydrogen) atoms. The van der Waals surface area contributed by atoms with Gasteiger partial charge < -0.3 is 10.2 Å². The molecule has 1 N–H and O–H groups in total. The van der Waals surface area contributed by atoms with Gasteiger partial charge in [-0.15, -0.1) is 0 Å². The zero-order valence-corrected chi connectivity index (χ0v) is 10.4. The number of carbonyl (C=O) groups excluding carboxylic acids is 1. The number of nitrogens with one attached hydrogen (secondary N) is 1. The van der Waals surface area contributed by atoms with Gasteiger partial charge in [0.2, 0.25) is 5.91 Å². The van der Waals surface area contributed by atoms with Gasteiger partial charge in [-0.05, 0) is 31.9 Å². The molecule has 1 heterocycles. The molecule has 1 fully saturated rings. The Hall–Kier alpha value is -1.58. The van der Waals surface area contributed by atoms with Gasteiger partial charge in [0.1, 0.15) is 5.82 Å². The van der Waals surface area contributed by atoms with E-state index in [4.69, 9.17) is 0 Å². The molecule has 4 heteroatoms. The van der Waals surface area contributed by atoms with E-state index in [-0.39, 0.29) is 11.8 Å². The molecule has 4 nitrogen and oxygen atoms in total. The third-order valence-electron chi connectivity index (χ3n) is 3.28. The summed E-state index contributed by atoms with van der Waals surface area (Å²) in [5.41, 5.74) is 0.864. The smallest absolute Gasteiger partial charge is 0.229 e. The summed E-state index contributed by atoms with van der Waals surface area (Å²) in [5.74, 6) is 1.29. The van der Waals surface area contributed by atoms with Crippen LogP contribution in [0.3, 0.4) is 0 Å². The van der Waals surface area contributed by atoms with E-state index in [1.165, 1.54) is 6.42 Å². The van der Waals surface area contributed by atoms with Gasteiger partial charge in [0.05, 0.1) is 11.9 Å². The average Bonchev–Trinajstić information content (AvgIpc) is 2.27. The van der Waals surface area contributed by atoms with Crippen molar-refractivity contribution in [2.45, 2.75) is 26.2 Å². The second-order valence-corrected chi connectivity index (χ2v) is 4.46. The van der Waals surface area contributed by atoms with Crippen LogP contribution in [-0.2, 0) is 4.79 Å². The Morgan fingerprint density at radius 1 is 1.53 bits per heavy atom. The Morgan fingerprint density at radius 2 is 2.29 bits per heavy atom. The molecule has 2 rings (SSSR count). The van der Waals surface area contributed by atoms with Crippen molar-refractivity contribution in [1.82, 2.24) is 4.98 Å². The Balaban J connectivity index is 2.02. The number of hydrogen-bond acceptors (Lipinski definition) is 3. The molecule has 0 unspecified atom stereocenters. The van der Waals surface area contributed by atoms with Crippen LogP contribution in [-0.4, -0.2) is 24.5 Å². The van der Waals surface area contributed by atoms with E-state index in [1.807, 2.05) is 26.1 Å². The number of pyridine rings is 1. The first-order valence-electron chi connectivity index (χ1n) is 6.20. The molecule has 0 saturated heterocycles. The zero-order valence-electron chi connectivity index (χ0n) is 10.4. The molecule has 0 aromatic carbocycles. The molecular weight excluding hydrogens is 214 g/mol. The number of nitrogens with zero attached hydrogens (tertiary/aromatic N) is 2. The second kappa shape index (κ2) is 5.17.